The van der Waals surface area contributed by atoms with Gasteiger partial charge >= 0.3 is 6.01 Å². The Hall–Kier alpha value is -3.84. The number of aromatic nitrogens is 2. The van der Waals surface area contributed by atoms with Crippen molar-refractivity contribution >= 4 is 44.5 Å². The van der Waals surface area contributed by atoms with Gasteiger partial charge in [0.2, 0.25) is 5.88 Å². The van der Waals surface area contributed by atoms with Gasteiger partial charge in [-0.15, -0.1) is 0 Å². The summed E-state index contributed by atoms with van der Waals surface area (Å²) < 4.78 is 48.4. The van der Waals surface area contributed by atoms with E-state index in [-0.39, 0.29) is 27.7 Å². The van der Waals surface area contributed by atoms with Gasteiger partial charge in [0.25, 0.3) is 10.0 Å². The van der Waals surface area contributed by atoms with Crippen LogP contribution in [0.25, 0.3) is 0 Å². The Morgan fingerprint density at radius 2 is 1.59 bits per heavy atom. The molecule has 0 fully saturated rings. The van der Waals surface area contributed by atoms with Gasteiger partial charge in [-0.1, -0.05) is 0 Å². The first-order valence-corrected chi connectivity index (χ1v) is 11.6. The summed E-state index contributed by atoms with van der Waals surface area (Å²) in [5, 5.41) is 6.31. The number of hydrogen-bond donors (Lipinski definition) is 3. The molecule has 1 heterocycles. The van der Waals surface area contributed by atoms with Crippen molar-refractivity contribution in [1.29, 1.82) is 0 Å². The fourth-order valence-electron chi connectivity index (χ4n) is 2.75. The molecule has 0 saturated carbocycles. The smallest absolute Gasteiger partial charge is 0.321 e. The summed E-state index contributed by atoms with van der Waals surface area (Å²) in [6.45, 7) is 0. The maximum atomic E-state index is 12.8. The Bertz CT molecular complexity index is 1250. The van der Waals surface area contributed by atoms with Crippen molar-refractivity contribution in [1.82, 2.24) is 9.97 Å². The van der Waals surface area contributed by atoms with Crippen molar-refractivity contribution in [2.45, 2.75) is 4.90 Å². The molecule has 3 rings (SSSR count). The van der Waals surface area contributed by atoms with Gasteiger partial charge < -0.3 is 29.6 Å². The Balaban J connectivity index is 1.69. The van der Waals surface area contributed by atoms with E-state index in [9.17, 15) is 8.42 Å². The zero-order valence-electron chi connectivity index (χ0n) is 18.8. The summed E-state index contributed by atoms with van der Waals surface area (Å²) in [4.78, 5) is 7.92. The van der Waals surface area contributed by atoms with Gasteiger partial charge in [-0.05, 0) is 48.6 Å². The highest BCUT2D eigenvalue weighted by molar-refractivity contribution is 7.92. The van der Waals surface area contributed by atoms with Crippen LogP contribution in [-0.2, 0) is 10.0 Å². The van der Waals surface area contributed by atoms with E-state index in [0.29, 0.717) is 22.9 Å². The number of methoxy groups -OCH3 is 4. The molecule has 0 aliphatic carbocycles. The van der Waals surface area contributed by atoms with Gasteiger partial charge in [-0.3, -0.25) is 4.72 Å². The second kappa shape index (κ2) is 10.9. The predicted octanol–water partition coefficient (Wildman–Crippen LogP) is 3.12. The number of thiocarbonyl (C=S) groups is 1. The molecule has 0 unspecified atom stereocenters. The van der Waals surface area contributed by atoms with Gasteiger partial charge in [-0.2, -0.15) is 9.97 Å². The maximum Gasteiger partial charge on any atom is 0.321 e. The number of benzene rings is 2. The van der Waals surface area contributed by atoms with Crippen LogP contribution in [0.15, 0.2) is 53.4 Å². The average molecular weight is 506 g/mol. The van der Waals surface area contributed by atoms with Crippen molar-refractivity contribution in [3.63, 3.8) is 0 Å². The molecule has 1 aromatic heterocycles. The number of ether oxygens (including phenoxy) is 4. The first kappa shape index (κ1) is 24.8. The monoisotopic (exact) mass is 505 g/mol. The van der Waals surface area contributed by atoms with E-state index >= 15 is 0 Å². The summed E-state index contributed by atoms with van der Waals surface area (Å²) in [7, 11) is 1.94. The minimum absolute atomic E-state index is 0.00437. The molecule has 0 atom stereocenters. The van der Waals surface area contributed by atoms with Gasteiger partial charge in [0.15, 0.2) is 10.9 Å². The van der Waals surface area contributed by atoms with Crippen LogP contribution in [-0.4, -0.2) is 51.9 Å². The van der Waals surface area contributed by atoms with Crippen LogP contribution in [0.2, 0.25) is 0 Å². The third kappa shape index (κ3) is 6.14. The minimum atomic E-state index is -3.93. The van der Waals surface area contributed by atoms with Crippen LogP contribution in [0.4, 0.5) is 17.2 Å². The topological polar surface area (TPSA) is 133 Å². The first-order chi connectivity index (χ1) is 16.3. The molecule has 2 aromatic carbocycles. The fourth-order valence-corrected chi connectivity index (χ4v) is 3.97. The van der Waals surface area contributed by atoms with Crippen LogP contribution in [0.3, 0.4) is 0 Å². The van der Waals surface area contributed by atoms with Crippen LogP contribution < -0.4 is 34.3 Å². The molecule has 0 spiro atoms. The van der Waals surface area contributed by atoms with Crippen LogP contribution >= 0.6 is 12.2 Å². The molecule has 0 saturated heterocycles. The average Bonchev–Trinajstić information content (AvgIpc) is 2.83. The van der Waals surface area contributed by atoms with Crippen molar-refractivity contribution in [3.8, 4) is 23.4 Å². The molecular weight excluding hydrogens is 482 g/mol. The molecule has 0 aliphatic rings. The van der Waals surface area contributed by atoms with E-state index in [2.05, 4.69) is 25.3 Å². The quantitative estimate of drug-likeness (QED) is 0.370. The molecule has 13 heteroatoms. The van der Waals surface area contributed by atoms with Gasteiger partial charge in [-0.25, -0.2) is 8.42 Å². The lowest BCUT2D eigenvalue weighted by Gasteiger charge is -2.14. The Morgan fingerprint density at radius 1 is 0.853 bits per heavy atom. The zero-order chi connectivity index (χ0) is 24.7. The van der Waals surface area contributed by atoms with Crippen molar-refractivity contribution < 1.29 is 27.4 Å². The number of nitrogens with one attached hydrogen (secondary N) is 3. The molecule has 3 aromatic rings. The van der Waals surface area contributed by atoms with Gasteiger partial charge in [0.1, 0.15) is 11.5 Å². The van der Waals surface area contributed by atoms with E-state index in [4.69, 9.17) is 31.2 Å². The molecule has 0 amide bonds. The molecule has 0 aliphatic heterocycles. The SMILES string of the molecule is COc1ccc(NC(=S)Nc2ccc(S(=O)(=O)Nc3cc(OC)nc(OC)n3)cc2)c(OC)c1. The van der Waals surface area contributed by atoms with E-state index in [1.807, 2.05) is 0 Å². The summed E-state index contributed by atoms with van der Waals surface area (Å²) in [6.07, 6.45) is 0. The highest BCUT2D eigenvalue weighted by Gasteiger charge is 2.17. The number of anilines is 3. The largest absolute Gasteiger partial charge is 0.497 e. The molecule has 3 N–H and O–H groups in total. The van der Waals surface area contributed by atoms with Gasteiger partial charge in [0.05, 0.1) is 39.0 Å². The molecule has 0 radical (unpaired) electrons. The van der Waals surface area contributed by atoms with Crippen molar-refractivity contribution in [2.75, 3.05) is 43.8 Å². The highest BCUT2D eigenvalue weighted by Crippen LogP contribution is 2.29. The number of nitrogens with zero attached hydrogens (tertiary/aromatic N) is 2. The van der Waals surface area contributed by atoms with E-state index in [0.717, 1.165) is 0 Å². The van der Waals surface area contributed by atoms with Crippen LogP contribution in [0.5, 0.6) is 23.4 Å². The Labute approximate surface area is 202 Å². The van der Waals surface area contributed by atoms with Crippen molar-refractivity contribution in [2.24, 2.45) is 0 Å². The Morgan fingerprint density at radius 3 is 2.21 bits per heavy atom. The lowest BCUT2D eigenvalue weighted by atomic mass is 10.2. The molecular formula is C21H23N5O6S2. The van der Waals surface area contributed by atoms with Crippen LogP contribution in [0.1, 0.15) is 0 Å². The lowest BCUT2D eigenvalue weighted by molar-refractivity contribution is 0.353. The van der Waals surface area contributed by atoms with E-state index < -0.39 is 10.0 Å². The standard InChI is InChI=1S/C21H23N5O6S2/c1-29-14-7-10-16(17(11-14)30-2)23-21(33)22-13-5-8-15(9-6-13)34(27,28)26-18-12-19(31-3)25-20(24-18)32-4/h5-12H,1-4H3,(H2,22,23,33)(H,24,25,26). The van der Waals surface area contributed by atoms with Crippen molar-refractivity contribution in [3.05, 3.63) is 48.5 Å². The third-order valence-corrected chi connectivity index (χ3v) is 5.97. The lowest BCUT2D eigenvalue weighted by Crippen LogP contribution is -2.19. The number of hydrogen-bond acceptors (Lipinski definition) is 9. The maximum absolute atomic E-state index is 12.8. The molecule has 0 bridgehead atoms. The van der Waals surface area contributed by atoms with E-state index in [1.54, 1.807) is 37.4 Å². The number of sulfonamides is 1. The molecule has 34 heavy (non-hydrogen) atoms. The predicted molar refractivity (Wildman–Crippen MR) is 132 cm³/mol. The van der Waals surface area contributed by atoms with Gasteiger partial charge in [0, 0.05) is 17.8 Å². The second-order valence-corrected chi connectivity index (χ2v) is 8.65. The molecule has 11 nitrogen and oxygen atoms in total. The van der Waals surface area contributed by atoms with E-state index in [1.165, 1.54) is 39.5 Å². The molecule has 180 valence electrons. The Kier molecular flexibility index (Phi) is 7.91. The highest BCUT2D eigenvalue weighted by atomic mass is 32.2. The summed E-state index contributed by atoms with van der Waals surface area (Å²) in [5.41, 5.74) is 1.22. The summed E-state index contributed by atoms with van der Waals surface area (Å²) in [5.74, 6) is 1.35. The van der Waals surface area contributed by atoms with Crippen LogP contribution in [0, 0.1) is 0 Å². The summed E-state index contributed by atoms with van der Waals surface area (Å²) >= 11 is 5.35. The third-order valence-electron chi connectivity index (χ3n) is 4.39. The fraction of sp³-hybridized carbons (Fsp3) is 0.190. The second-order valence-electron chi connectivity index (χ2n) is 6.56. The normalized spacial score (nSPS) is 10.7. The zero-order valence-corrected chi connectivity index (χ0v) is 20.4. The minimum Gasteiger partial charge on any atom is -0.497 e. The first-order valence-electron chi connectivity index (χ1n) is 9.68. The summed E-state index contributed by atoms with van der Waals surface area (Å²) in [6, 6.07) is 12.6. The number of rotatable bonds is 9.